The average molecular weight is 253 g/mol. The van der Waals surface area contributed by atoms with E-state index in [1.165, 1.54) is 0 Å². The van der Waals surface area contributed by atoms with E-state index in [4.69, 9.17) is 0 Å². The second-order valence-electron chi connectivity index (χ2n) is 4.73. The van der Waals surface area contributed by atoms with Crippen LogP contribution < -0.4 is 10.6 Å². The first-order valence-electron chi connectivity index (χ1n) is 6.50. The molecule has 0 unspecified atom stereocenters. The highest BCUT2D eigenvalue weighted by molar-refractivity contribution is 5.77. The molecule has 0 aliphatic heterocycles. The summed E-state index contributed by atoms with van der Waals surface area (Å²) in [6.07, 6.45) is 5.45. The quantitative estimate of drug-likeness (QED) is 0.626. The van der Waals surface area contributed by atoms with E-state index in [1.54, 1.807) is 10.9 Å². The molecule has 0 radical (unpaired) electrons. The van der Waals surface area contributed by atoms with Crippen LogP contribution in [0.3, 0.4) is 0 Å². The fourth-order valence-corrected chi connectivity index (χ4v) is 1.48. The van der Waals surface area contributed by atoms with Crippen molar-refractivity contribution in [2.75, 3.05) is 19.6 Å². The number of carbonyl (C=O) groups excluding carboxylic acids is 1. The second-order valence-corrected chi connectivity index (χ2v) is 4.73. The van der Waals surface area contributed by atoms with Crippen molar-refractivity contribution >= 4 is 5.91 Å². The lowest BCUT2D eigenvalue weighted by Gasteiger charge is -2.08. The Hall–Kier alpha value is -1.43. The summed E-state index contributed by atoms with van der Waals surface area (Å²) in [6, 6.07) is 0. The molecule has 0 fully saturated rings. The van der Waals surface area contributed by atoms with Crippen LogP contribution in [0, 0.1) is 5.92 Å². The van der Waals surface area contributed by atoms with Crippen LogP contribution in [0.2, 0.25) is 0 Å². The molecule has 0 aliphatic carbocycles. The lowest BCUT2D eigenvalue weighted by molar-refractivity contribution is -0.120. The molecule has 102 valence electrons. The molecule has 0 saturated heterocycles. The molecule has 6 nitrogen and oxygen atoms in total. The maximum absolute atomic E-state index is 11.4. The van der Waals surface area contributed by atoms with E-state index in [9.17, 15) is 4.79 Å². The number of hydrogen-bond donors (Lipinski definition) is 2. The van der Waals surface area contributed by atoms with Gasteiger partial charge in [-0.05, 0) is 25.3 Å². The standard InChI is InChI=1S/C12H23N5O/c1-11(2)4-6-14-12(18)10-13-5-3-8-17-9-7-15-16-17/h7,9,11,13H,3-6,8,10H2,1-2H3,(H,14,18). The van der Waals surface area contributed by atoms with Gasteiger partial charge in [-0.2, -0.15) is 0 Å². The van der Waals surface area contributed by atoms with E-state index in [-0.39, 0.29) is 5.91 Å². The van der Waals surface area contributed by atoms with E-state index < -0.39 is 0 Å². The molecule has 6 heteroatoms. The summed E-state index contributed by atoms with van der Waals surface area (Å²) in [7, 11) is 0. The van der Waals surface area contributed by atoms with Crippen molar-refractivity contribution in [2.45, 2.75) is 33.2 Å². The largest absolute Gasteiger partial charge is 0.355 e. The van der Waals surface area contributed by atoms with Crippen LogP contribution in [0.1, 0.15) is 26.7 Å². The summed E-state index contributed by atoms with van der Waals surface area (Å²) in [5.41, 5.74) is 0. The number of aryl methyl sites for hydroxylation is 1. The zero-order chi connectivity index (χ0) is 13.2. The van der Waals surface area contributed by atoms with E-state index >= 15 is 0 Å². The van der Waals surface area contributed by atoms with Gasteiger partial charge in [0.05, 0.1) is 12.7 Å². The predicted octanol–water partition coefficient (Wildman–Crippen LogP) is 0.420. The third kappa shape index (κ3) is 7.01. The van der Waals surface area contributed by atoms with Crippen molar-refractivity contribution in [3.05, 3.63) is 12.4 Å². The lowest BCUT2D eigenvalue weighted by atomic mass is 10.1. The number of nitrogens with one attached hydrogen (secondary N) is 2. The number of hydrogen-bond acceptors (Lipinski definition) is 4. The minimum Gasteiger partial charge on any atom is -0.355 e. The van der Waals surface area contributed by atoms with Crippen molar-refractivity contribution in [1.29, 1.82) is 0 Å². The van der Waals surface area contributed by atoms with Crippen LogP contribution in [0.4, 0.5) is 0 Å². The Labute approximate surface area is 108 Å². The summed E-state index contributed by atoms with van der Waals surface area (Å²) < 4.78 is 1.78. The topological polar surface area (TPSA) is 71.8 Å². The molecule has 1 rings (SSSR count). The van der Waals surface area contributed by atoms with Crippen LogP contribution >= 0.6 is 0 Å². The highest BCUT2D eigenvalue weighted by Crippen LogP contribution is 1.95. The fraction of sp³-hybridized carbons (Fsp3) is 0.750. The molecule has 2 N–H and O–H groups in total. The molecule has 0 spiro atoms. The monoisotopic (exact) mass is 253 g/mol. The Morgan fingerprint density at radius 2 is 2.22 bits per heavy atom. The van der Waals surface area contributed by atoms with Crippen LogP contribution in [-0.4, -0.2) is 40.5 Å². The smallest absolute Gasteiger partial charge is 0.233 e. The number of amides is 1. The summed E-state index contributed by atoms with van der Waals surface area (Å²) >= 11 is 0. The van der Waals surface area contributed by atoms with Gasteiger partial charge >= 0.3 is 0 Å². The molecule has 0 aromatic carbocycles. The minimum atomic E-state index is 0.0661. The second kappa shape index (κ2) is 8.63. The van der Waals surface area contributed by atoms with Gasteiger partial charge in [0.25, 0.3) is 0 Å². The first kappa shape index (κ1) is 14.6. The van der Waals surface area contributed by atoms with Crippen molar-refractivity contribution < 1.29 is 4.79 Å². The Kier molecular flexibility index (Phi) is 7.01. The first-order valence-corrected chi connectivity index (χ1v) is 6.50. The number of rotatable bonds is 9. The van der Waals surface area contributed by atoms with E-state index in [1.807, 2.05) is 6.20 Å². The van der Waals surface area contributed by atoms with E-state index in [2.05, 4.69) is 34.8 Å². The van der Waals surface area contributed by atoms with Gasteiger partial charge < -0.3 is 10.6 Å². The predicted molar refractivity (Wildman–Crippen MR) is 70.0 cm³/mol. The molecule has 0 aliphatic rings. The lowest BCUT2D eigenvalue weighted by Crippen LogP contribution is -2.35. The summed E-state index contributed by atoms with van der Waals surface area (Å²) in [6.45, 7) is 7.06. The maximum atomic E-state index is 11.4. The van der Waals surface area contributed by atoms with Gasteiger partial charge in [0.2, 0.25) is 5.91 Å². The van der Waals surface area contributed by atoms with Crippen molar-refractivity contribution in [2.24, 2.45) is 5.92 Å². The number of carbonyl (C=O) groups is 1. The molecule has 1 heterocycles. The highest BCUT2D eigenvalue weighted by Gasteiger charge is 2.00. The van der Waals surface area contributed by atoms with Gasteiger partial charge in [0.1, 0.15) is 0 Å². The van der Waals surface area contributed by atoms with Gasteiger partial charge in [-0.25, -0.2) is 0 Å². The normalized spacial score (nSPS) is 10.8. The van der Waals surface area contributed by atoms with Crippen LogP contribution in [-0.2, 0) is 11.3 Å². The van der Waals surface area contributed by atoms with E-state index in [0.717, 1.165) is 32.5 Å². The average Bonchev–Trinajstić information content (AvgIpc) is 2.81. The first-order chi connectivity index (χ1) is 8.68. The summed E-state index contributed by atoms with van der Waals surface area (Å²) in [5.74, 6) is 0.692. The zero-order valence-electron chi connectivity index (χ0n) is 11.2. The molecule has 1 aromatic rings. The van der Waals surface area contributed by atoms with Crippen molar-refractivity contribution in [3.8, 4) is 0 Å². The number of nitrogens with zero attached hydrogens (tertiary/aromatic N) is 3. The van der Waals surface area contributed by atoms with Gasteiger partial charge in [-0.15, -0.1) is 5.10 Å². The third-order valence-electron chi connectivity index (χ3n) is 2.54. The molecular formula is C12H23N5O. The zero-order valence-corrected chi connectivity index (χ0v) is 11.2. The Bertz CT molecular complexity index is 323. The molecule has 1 amide bonds. The highest BCUT2D eigenvalue weighted by atomic mass is 16.1. The van der Waals surface area contributed by atoms with Crippen LogP contribution in [0.5, 0.6) is 0 Å². The van der Waals surface area contributed by atoms with E-state index in [0.29, 0.717) is 12.5 Å². The van der Waals surface area contributed by atoms with Crippen molar-refractivity contribution in [1.82, 2.24) is 25.6 Å². The molecule has 1 aromatic heterocycles. The maximum Gasteiger partial charge on any atom is 0.233 e. The van der Waals surface area contributed by atoms with Gasteiger partial charge in [0, 0.05) is 19.3 Å². The minimum absolute atomic E-state index is 0.0661. The SMILES string of the molecule is CC(C)CCNC(=O)CNCCCn1ccnn1. The Morgan fingerprint density at radius 1 is 1.39 bits per heavy atom. The van der Waals surface area contributed by atoms with Gasteiger partial charge in [-0.1, -0.05) is 19.1 Å². The molecule has 18 heavy (non-hydrogen) atoms. The third-order valence-corrected chi connectivity index (χ3v) is 2.54. The van der Waals surface area contributed by atoms with Gasteiger partial charge in [-0.3, -0.25) is 9.48 Å². The molecule has 0 atom stereocenters. The fourth-order valence-electron chi connectivity index (χ4n) is 1.48. The molecule has 0 bridgehead atoms. The summed E-state index contributed by atoms with van der Waals surface area (Å²) in [5, 5.41) is 13.6. The Morgan fingerprint density at radius 3 is 2.89 bits per heavy atom. The Balaban J connectivity index is 1.92. The molecular weight excluding hydrogens is 230 g/mol. The number of aromatic nitrogens is 3. The summed E-state index contributed by atoms with van der Waals surface area (Å²) in [4.78, 5) is 11.4. The van der Waals surface area contributed by atoms with Crippen molar-refractivity contribution in [3.63, 3.8) is 0 Å². The van der Waals surface area contributed by atoms with Crippen LogP contribution in [0.15, 0.2) is 12.4 Å². The van der Waals surface area contributed by atoms with Crippen LogP contribution in [0.25, 0.3) is 0 Å². The van der Waals surface area contributed by atoms with Gasteiger partial charge in [0.15, 0.2) is 0 Å². The molecule has 0 saturated carbocycles.